The number of ether oxygens (including phenoxy) is 2. The molecule has 0 radical (unpaired) electrons. The van der Waals surface area contributed by atoms with Gasteiger partial charge in [0, 0.05) is 11.4 Å². The number of anilines is 2. The monoisotopic (exact) mass is 368 g/mol. The summed E-state index contributed by atoms with van der Waals surface area (Å²) in [5.41, 5.74) is 2.21. The maximum atomic E-state index is 12.6. The Morgan fingerprint density at radius 1 is 1.11 bits per heavy atom. The molecule has 0 saturated carbocycles. The van der Waals surface area contributed by atoms with Crippen molar-refractivity contribution in [1.82, 2.24) is 0 Å². The van der Waals surface area contributed by atoms with Crippen LogP contribution in [-0.2, 0) is 16.0 Å². The van der Waals surface area contributed by atoms with E-state index in [9.17, 15) is 9.59 Å². The molecule has 2 amide bonds. The summed E-state index contributed by atoms with van der Waals surface area (Å²) in [7, 11) is 0. The maximum Gasteiger partial charge on any atom is 0.411 e. The molecule has 1 unspecified atom stereocenters. The van der Waals surface area contributed by atoms with Gasteiger partial charge in [-0.05, 0) is 42.2 Å². The van der Waals surface area contributed by atoms with Gasteiger partial charge in [-0.3, -0.25) is 10.1 Å². The van der Waals surface area contributed by atoms with Crippen LogP contribution in [0.3, 0.4) is 0 Å². The van der Waals surface area contributed by atoms with Gasteiger partial charge in [0.2, 0.25) is 5.91 Å². The fourth-order valence-corrected chi connectivity index (χ4v) is 2.81. The van der Waals surface area contributed by atoms with Crippen molar-refractivity contribution in [2.24, 2.45) is 11.8 Å². The van der Waals surface area contributed by atoms with Crippen LogP contribution in [0.5, 0.6) is 5.75 Å². The summed E-state index contributed by atoms with van der Waals surface area (Å²) >= 11 is 0. The first kappa shape index (κ1) is 18.8. The van der Waals surface area contributed by atoms with E-state index in [1.165, 1.54) is 0 Å². The average Bonchev–Trinajstić information content (AvgIpc) is 2.66. The first-order chi connectivity index (χ1) is 13.0. The SMILES string of the molecule is CC(C)COC(=O)Nc1cccc(NC(=O)C2COc3ccccc3C2)c1. The second-order valence-electron chi connectivity index (χ2n) is 7.01. The number of carbonyl (C=O) groups excluding carboxylic acids is 2. The number of rotatable bonds is 5. The van der Waals surface area contributed by atoms with Crippen molar-refractivity contribution >= 4 is 23.4 Å². The van der Waals surface area contributed by atoms with Crippen LogP contribution in [0.4, 0.5) is 16.2 Å². The van der Waals surface area contributed by atoms with E-state index < -0.39 is 6.09 Å². The lowest BCUT2D eigenvalue weighted by Gasteiger charge is -2.24. The summed E-state index contributed by atoms with van der Waals surface area (Å²) in [6.07, 6.45) is 0.131. The molecule has 1 atom stereocenters. The number of benzene rings is 2. The Balaban J connectivity index is 1.58. The molecule has 0 aliphatic carbocycles. The number of hydrogen-bond acceptors (Lipinski definition) is 4. The molecule has 0 saturated heterocycles. The highest BCUT2D eigenvalue weighted by molar-refractivity contribution is 5.94. The number of carbonyl (C=O) groups is 2. The standard InChI is InChI=1S/C21H24N2O4/c1-14(2)12-27-21(25)23-18-8-5-7-17(11-18)22-20(24)16-10-15-6-3-4-9-19(15)26-13-16/h3-9,11,14,16H,10,12-13H2,1-2H3,(H,22,24)(H,23,25). The van der Waals surface area contributed by atoms with Gasteiger partial charge in [-0.25, -0.2) is 4.79 Å². The molecule has 6 nitrogen and oxygen atoms in total. The minimum Gasteiger partial charge on any atom is -0.492 e. The number of hydrogen-bond donors (Lipinski definition) is 2. The second-order valence-corrected chi connectivity index (χ2v) is 7.01. The summed E-state index contributed by atoms with van der Waals surface area (Å²) in [6.45, 7) is 4.64. The van der Waals surface area contributed by atoms with E-state index in [1.54, 1.807) is 24.3 Å². The Bertz CT molecular complexity index is 819. The van der Waals surface area contributed by atoms with Gasteiger partial charge in [0.1, 0.15) is 12.4 Å². The van der Waals surface area contributed by atoms with Crippen molar-refractivity contribution < 1.29 is 19.1 Å². The lowest BCUT2D eigenvalue weighted by atomic mass is 9.96. The van der Waals surface area contributed by atoms with Gasteiger partial charge in [0.25, 0.3) is 0 Å². The maximum absolute atomic E-state index is 12.6. The van der Waals surface area contributed by atoms with Crippen molar-refractivity contribution in [3.8, 4) is 5.75 Å². The van der Waals surface area contributed by atoms with Gasteiger partial charge in [-0.2, -0.15) is 0 Å². The zero-order valence-corrected chi connectivity index (χ0v) is 15.5. The largest absolute Gasteiger partial charge is 0.492 e. The molecule has 1 heterocycles. The van der Waals surface area contributed by atoms with Crippen LogP contribution >= 0.6 is 0 Å². The Hall–Kier alpha value is -3.02. The van der Waals surface area contributed by atoms with E-state index in [1.807, 2.05) is 38.1 Å². The minimum atomic E-state index is -0.510. The molecule has 1 aliphatic heterocycles. The topological polar surface area (TPSA) is 76.7 Å². The fourth-order valence-electron chi connectivity index (χ4n) is 2.81. The number of nitrogens with one attached hydrogen (secondary N) is 2. The lowest BCUT2D eigenvalue weighted by Crippen LogP contribution is -2.32. The van der Waals surface area contributed by atoms with E-state index in [0.717, 1.165) is 11.3 Å². The highest BCUT2D eigenvalue weighted by Crippen LogP contribution is 2.27. The van der Waals surface area contributed by atoms with Crippen molar-refractivity contribution in [2.45, 2.75) is 20.3 Å². The first-order valence-corrected chi connectivity index (χ1v) is 9.06. The molecule has 3 rings (SSSR count). The highest BCUT2D eigenvalue weighted by atomic mass is 16.5. The molecule has 27 heavy (non-hydrogen) atoms. The zero-order valence-electron chi connectivity index (χ0n) is 15.5. The minimum absolute atomic E-state index is 0.107. The molecule has 0 bridgehead atoms. The van der Waals surface area contributed by atoms with E-state index in [2.05, 4.69) is 10.6 Å². The predicted octanol–water partition coefficient (Wildman–Crippen LogP) is 4.08. The molecule has 1 aliphatic rings. The molecule has 0 aromatic heterocycles. The third-order valence-electron chi connectivity index (χ3n) is 4.17. The molecule has 0 spiro atoms. The summed E-state index contributed by atoms with van der Waals surface area (Å²) in [5.74, 6) is 0.744. The van der Waals surface area contributed by atoms with Crippen LogP contribution in [0, 0.1) is 11.8 Å². The summed E-state index contributed by atoms with van der Waals surface area (Å²) in [6, 6.07) is 14.7. The van der Waals surface area contributed by atoms with Gasteiger partial charge in [0.05, 0.1) is 12.5 Å². The van der Waals surface area contributed by atoms with Crippen LogP contribution in [0.2, 0.25) is 0 Å². The van der Waals surface area contributed by atoms with E-state index in [-0.39, 0.29) is 17.7 Å². The van der Waals surface area contributed by atoms with Crippen LogP contribution in [0.1, 0.15) is 19.4 Å². The highest BCUT2D eigenvalue weighted by Gasteiger charge is 2.25. The second kappa shape index (κ2) is 8.58. The quantitative estimate of drug-likeness (QED) is 0.834. The molecular formula is C21H24N2O4. The average molecular weight is 368 g/mol. The number of para-hydroxylation sites is 1. The van der Waals surface area contributed by atoms with Crippen molar-refractivity contribution in [3.05, 3.63) is 54.1 Å². The first-order valence-electron chi connectivity index (χ1n) is 9.06. The van der Waals surface area contributed by atoms with Crippen LogP contribution in [-0.4, -0.2) is 25.2 Å². The van der Waals surface area contributed by atoms with Gasteiger partial charge in [-0.15, -0.1) is 0 Å². The van der Waals surface area contributed by atoms with Crippen LogP contribution in [0.25, 0.3) is 0 Å². The van der Waals surface area contributed by atoms with Gasteiger partial charge in [-0.1, -0.05) is 38.1 Å². The molecule has 0 fully saturated rings. The Morgan fingerprint density at radius 2 is 1.85 bits per heavy atom. The zero-order chi connectivity index (χ0) is 19.2. The Morgan fingerprint density at radius 3 is 2.63 bits per heavy atom. The third kappa shape index (κ3) is 5.23. The Kier molecular flexibility index (Phi) is 5.96. The predicted molar refractivity (Wildman–Crippen MR) is 104 cm³/mol. The number of fused-ring (bicyclic) bond motifs is 1. The normalized spacial score (nSPS) is 15.4. The Labute approximate surface area is 158 Å². The van der Waals surface area contributed by atoms with Crippen LogP contribution < -0.4 is 15.4 Å². The summed E-state index contributed by atoms with van der Waals surface area (Å²) < 4.78 is 10.8. The summed E-state index contributed by atoms with van der Waals surface area (Å²) in [4.78, 5) is 24.4. The molecule has 2 aromatic carbocycles. The lowest BCUT2D eigenvalue weighted by molar-refractivity contribution is -0.121. The van der Waals surface area contributed by atoms with Gasteiger partial charge in [0.15, 0.2) is 0 Å². The molecule has 6 heteroatoms. The smallest absolute Gasteiger partial charge is 0.411 e. The van der Waals surface area contributed by atoms with E-state index >= 15 is 0 Å². The molecular weight excluding hydrogens is 344 g/mol. The van der Waals surface area contributed by atoms with Crippen LogP contribution in [0.15, 0.2) is 48.5 Å². The number of amides is 2. The van der Waals surface area contributed by atoms with Gasteiger partial charge < -0.3 is 14.8 Å². The third-order valence-corrected chi connectivity index (χ3v) is 4.17. The molecule has 2 aromatic rings. The van der Waals surface area contributed by atoms with E-state index in [4.69, 9.17) is 9.47 Å². The van der Waals surface area contributed by atoms with Crippen molar-refractivity contribution in [3.63, 3.8) is 0 Å². The fraction of sp³-hybridized carbons (Fsp3) is 0.333. The van der Waals surface area contributed by atoms with E-state index in [0.29, 0.717) is 31.0 Å². The molecule has 142 valence electrons. The summed E-state index contributed by atoms with van der Waals surface area (Å²) in [5, 5.41) is 5.56. The van der Waals surface area contributed by atoms with Crippen molar-refractivity contribution in [1.29, 1.82) is 0 Å². The van der Waals surface area contributed by atoms with Gasteiger partial charge >= 0.3 is 6.09 Å². The molecule has 2 N–H and O–H groups in total. The van der Waals surface area contributed by atoms with Crippen molar-refractivity contribution in [2.75, 3.05) is 23.8 Å².